The number of carbonyl (C=O) groups excluding carboxylic acids is 2. The lowest BCUT2D eigenvalue weighted by atomic mass is 9.94. The summed E-state index contributed by atoms with van der Waals surface area (Å²) in [7, 11) is 0. The van der Waals surface area contributed by atoms with Gasteiger partial charge in [0.25, 0.3) is 0 Å². The third kappa shape index (κ3) is 3.45. The maximum Gasteiger partial charge on any atom is 0.228 e. The van der Waals surface area contributed by atoms with Gasteiger partial charge in [-0.1, -0.05) is 32.9 Å². The Morgan fingerprint density at radius 2 is 1.54 bits per heavy atom. The number of carbonyl (C=O) groups is 2. The molecule has 24 heavy (non-hydrogen) atoms. The molecule has 2 unspecified atom stereocenters. The van der Waals surface area contributed by atoms with Crippen LogP contribution >= 0.6 is 0 Å². The molecule has 1 heterocycles. The normalized spacial score (nSPS) is 24.0. The van der Waals surface area contributed by atoms with Crippen LogP contribution in [0.2, 0.25) is 0 Å². The molecule has 1 aliphatic heterocycles. The van der Waals surface area contributed by atoms with Gasteiger partial charge in [0.1, 0.15) is 5.82 Å². The van der Waals surface area contributed by atoms with E-state index in [2.05, 4.69) is 0 Å². The molecular weight excluding hydrogens is 307 g/mol. The molecule has 0 bridgehead atoms. The molecular formula is C19H25FN2O2. The van der Waals surface area contributed by atoms with Gasteiger partial charge in [-0.3, -0.25) is 9.59 Å². The molecule has 0 spiro atoms. The number of nitrogens with zero attached hydrogens (tertiary/aromatic N) is 2. The summed E-state index contributed by atoms with van der Waals surface area (Å²) >= 11 is 0. The monoisotopic (exact) mass is 332 g/mol. The summed E-state index contributed by atoms with van der Waals surface area (Å²) in [5.74, 6) is 0.298. The van der Waals surface area contributed by atoms with E-state index in [4.69, 9.17) is 0 Å². The van der Waals surface area contributed by atoms with Gasteiger partial charge in [-0.05, 0) is 30.0 Å². The Morgan fingerprint density at radius 1 is 1.00 bits per heavy atom. The highest BCUT2D eigenvalue weighted by Gasteiger charge is 2.46. The number of hydrogen-bond acceptors (Lipinski definition) is 2. The maximum absolute atomic E-state index is 13.0. The van der Waals surface area contributed by atoms with Gasteiger partial charge in [0.2, 0.25) is 11.8 Å². The van der Waals surface area contributed by atoms with Crippen molar-refractivity contribution in [2.75, 3.05) is 26.2 Å². The topological polar surface area (TPSA) is 40.6 Å². The van der Waals surface area contributed by atoms with Crippen LogP contribution in [0.3, 0.4) is 0 Å². The molecule has 1 saturated heterocycles. The second kappa shape index (κ2) is 6.19. The summed E-state index contributed by atoms with van der Waals surface area (Å²) in [4.78, 5) is 28.7. The number of piperazine rings is 1. The van der Waals surface area contributed by atoms with Crippen LogP contribution in [0.15, 0.2) is 24.3 Å². The van der Waals surface area contributed by atoms with Gasteiger partial charge in [-0.15, -0.1) is 0 Å². The average Bonchev–Trinajstić information content (AvgIpc) is 3.34. The average molecular weight is 332 g/mol. The van der Waals surface area contributed by atoms with Gasteiger partial charge in [0.05, 0.1) is 0 Å². The number of amides is 2. The first kappa shape index (κ1) is 16.9. The molecule has 130 valence electrons. The highest BCUT2D eigenvalue weighted by Crippen LogP contribution is 2.48. The van der Waals surface area contributed by atoms with E-state index in [9.17, 15) is 14.0 Å². The SMILES string of the molecule is CC(C)(C)C(=O)N1CCN(C(=O)C2CC2c2ccc(F)cc2)CC1. The summed E-state index contributed by atoms with van der Waals surface area (Å²) in [6.07, 6.45) is 0.839. The van der Waals surface area contributed by atoms with E-state index < -0.39 is 0 Å². The first-order chi connectivity index (χ1) is 11.3. The van der Waals surface area contributed by atoms with Crippen LogP contribution in [0, 0.1) is 17.2 Å². The largest absolute Gasteiger partial charge is 0.339 e. The van der Waals surface area contributed by atoms with E-state index in [-0.39, 0.29) is 34.9 Å². The molecule has 2 amide bonds. The van der Waals surface area contributed by atoms with E-state index >= 15 is 0 Å². The van der Waals surface area contributed by atoms with Crippen LogP contribution in [0.5, 0.6) is 0 Å². The van der Waals surface area contributed by atoms with Crippen molar-refractivity contribution in [1.29, 1.82) is 0 Å². The summed E-state index contributed by atoms with van der Waals surface area (Å²) in [6, 6.07) is 6.44. The van der Waals surface area contributed by atoms with Crippen LogP contribution in [0.1, 0.15) is 38.7 Å². The Labute approximate surface area is 142 Å². The van der Waals surface area contributed by atoms with Crippen molar-refractivity contribution in [3.05, 3.63) is 35.6 Å². The maximum atomic E-state index is 13.0. The van der Waals surface area contributed by atoms with Crippen LogP contribution < -0.4 is 0 Å². The Morgan fingerprint density at radius 3 is 2.08 bits per heavy atom. The lowest BCUT2D eigenvalue weighted by molar-refractivity contribution is -0.145. The first-order valence-corrected chi connectivity index (χ1v) is 8.61. The third-order valence-electron chi connectivity index (χ3n) is 4.93. The van der Waals surface area contributed by atoms with Gasteiger partial charge in [0, 0.05) is 37.5 Å². The minimum Gasteiger partial charge on any atom is -0.339 e. The third-order valence-corrected chi connectivity index (χ3v) is 4.93. The lowest BCUT2D eigenvalue weighted by Gasteiger charge is -2.37. The predicted octanol–water partition coefficient (Wildman–Crippen LogP) is 2.65. The molecule has 2 aliphatic rings. The molecule has 0 aromatic heterocycles. The van der Waals surface area contributed by atoms with Crippen molar-refractivity contribution in [2.24, 2.45) is 11.3 Å². The van der Waals surface area contributed by atoms with E-state index in [0.29, 0.717) is 26.2 Å². The Balaban J connectivity index is 1.53. The van der Waals surface area contributed by atoms with Crippen molar-refractivity contribution in [3.63, 3.8) is 0 Å². The second-order valence-electron chi connectivity index (χ2n) is 7.87. The summed E-state index contributed by atoms with van der Waals surface area (Å²) < 4.78 is 13.0. The van der Waals surface area contributed by atoms with Crippen molar-refractivity contribution in [3.8, 4) is 0 Å². The quantitative estimate of drug-likeness (QED) is 0.835. The van der Waals surface area contributed by atoms with E-state index in [1.165, 1.54) is 12.1 Å². The molecule has 1 aromatic rings. The molecule has 0 N–H and O–H groups in total. The molecule has 1 aliphatic carbocycles. The smallest absolute Gasteiger partial charge is 0.228 e. The summed E-state index contributed by atoms with van der Waals surface area (Å²) in [5.41, 5.74) is 0.660. The number of halogens is 1. The molecule has 3 rings (SSSR count). The number of hydrogen-bond donors (Lipinski definition) is 0. The summed E-state index contributed by atoms with van der Waals surface area (Å²) in [5, 5.41) is 0. The second-order valence-corrected chi connectivity index (χ2v) is 7.87. The first-order valence-electron chi connectivity index (χ1n) is 8.61. The van der Waals surface area contributed by atoms with E-state index in [1.54, 1.807) is 12.1 Å². The number of rotatable bonds is 2. The fraction of sp³-hybridized carbons (Fsp3) is 0.579. The van der Waals surface area contributed by atoms with E-state index in [1.807, 2.05) is 30.6 Å². The van der Waals surface area contributed by atoms with Gasteiger partial charge in [0.15, 0.2) is 0 Å². The lowest BCUT2D eigenvalue weighted by Crippen LogP contribution is -2.53. The van der Waals surface area contributed by atoms with Gasteiger partial charge >= 0.3 is 0 Å². The zero-order chi connectivity index (χ0) is 17.5. The predicted molar refractivity (Wildman–Crippen MR) is 89.9 cm³/mol. The van der Waals surface area contributed by atoms with Crippen LogP contribution in [0.4, 0.5) is 4.39 Å². The molecule has 5 heteroatoms. The minimum atomic E-state index is -0.379. The Hall–Kier alpha value is -1.91. The zero-order valence-corrected chi connectivity index (χ0v) is 14.6. The zero-order valence-electron chi connectivity index (χ0n) is 14.6. The van der Waals surface area contributed by atoms with Gasteiger partial charge < -0.3 is 9.80 Å². The molecule has 2 atom stereocenters. The van der Waals surface area contributed by atoms with Crippen molar-refractivity contribution < 1.29 is 14.0 Å². The molecule has 2 fully saturated rings. The highest BCUT2D eigenvalue weighted by molar-refractivity contribution is 5.84. The summed E-state index contributed by atoms with van der Waals surface area (Å²) in [6.45, 7) is 8.19. The van der Waals surface area contributed by atoms with Crippen LogP contribution in [-0.2, 0) is 9.59 Å². The molecule has 0 radical (unpaired) electrons. The fourth-order valence-corrected chi connectivity index (χ4v) is 3.39. The Bertz CT molecular complexity index is 628. The Kier molecular flexibility index (Phi) is 4.37. The van der Waals surface area contributed by atoms with Gasteiger partial charge in [-0.25, -0.2) is 4.39 Å². The van der Waals surface area contributed by atoms with Crippen molar-refractivity contribution in [1.82, 2.24) is 9.80 Å². The highest BCUT2D eigenvalue weighted by atomic mass is 19.1. The van der Waals surface area contributed by atoms with Crippen LogP contribution in [0.25, 0.3) is 0 Å². The minimum absolute atomic E-state index is 0.0142. The van der Waals surface area contributed by atoms with Gasteiger partial charge in [-0.2, -0.15) is 0 Å². The number of benzene rings is 1. The molecule has 4 nitrogen and oxygen atoms in total. The van der Waals surface area contributed by atoms with Crippen LogP contribution in [-0.4, -0.2) is 47.8 Å². The molecule has 1 saturated carbocycles. The van der Waals surface area contributed by atoms with E-state index in [0.717, 1.165) is 12.0 Å². The fourth-order valence-electron chi connectivity index (χ4n) is 3.39. The standard InChI is InChI=1S/C19H25FN2O2/c1-19(2,3)18(24)22-10-8-21(9-11-22)17(23)16-12-15(16)13-4-6-14(20)7-5-13/h4-7,15-16H,8-12H2,1-3H3. The van der Waals surface area contributed by atoms with Crippen molar-refractivity contribution >= 4 is 11.8 Å². The molecule has 1 aromatic carbocycles. The van der Waals surface area contributed by atoms with Crippen molar-refractivity contribution in [2.45, 2.75) is 33.1 Å².